The summed E-state index contributed by atoms with van der Waals surface area (Å²) >= 11 is 0. The van der Waals surface area contributed by atoms with Crippen LogP contribution in [0.25, 0.3) is 121 Å². The van der Waals surface area contributed by atoms with Crippen LogP contribution >= 0.6 is 0 Å². The van der Waals surface area contributed by atoms with Crippen LogP contribution in [0, 0.1) is 0 Å². The largest absolute Gasteiger partial charge is 0.309 e. The van der Waals surface area contributed by atoms with Gasteiger partial charge < -0.3 is 8.97 Å². The molecule has 0 saturated carbocycles. The first kappa shape index (κ1) is 29.8. The fourth-order valence-electron chi connectivity index (χ4n) is 9.57. The van der Waals surface area contributed by atoms with Crippen molar-refractivity contribution >= 4 is 92.5 Å². The van der Waals surface area contributed by atoms with Gasteiger partial charge in [0.25, 0.3) is 0 Å². The molecule has 4 heterocycles. The highest BCUT2D eigenvalue weighted by Gasteiger charge is 2.24. The third kappa shape index (κ3) is 3.97. The van der Waals surface area contributed by atoms with Gasteiger partial charge in [-0.25, -0.2) is 9.97 Å². The lowest BCUT2D eigenvalue weighted by Gasteiger charge is -2.14. The molecular formula is C52H30N4. The van der Waals surface area contributed by atoms with Gasteiger partial charge in [-0.3, -0.25) is 0 Å². The molecule has 0 fully saturated rings. The van der Waals surface area contributed by atoms with Crippen LogP contribution in [0.3, 0.4) is 0 Å². The van der Waals surface area contributed by atoms with Crippen molar-refractivity contribution in [3.8, 4) is 28.2 Å². The zero-order valence-electron chi connectivity index (χ0n) is 30.1. The van der Waals surface area contributed by atoms with Gasteiger partial charge in [-0.1, -0.05) is 127 Å². The summed E-state index contributed by atoms with van der Waals surface area (Å²) < 4.78 is 4.95. The van der Waals surface area contributed by atoms with Crippen LogP contribution < -0.4 is 0 Å². The smallest absolute Gasteiger partial charge is 0.0979 e. The third-order valence-corrected chi connectivity index (χ3v) is 12.0. The Balaban J connectivity index is 1.09. The summed E-state index contributed by atoms with van der Waals surface area (Å²) in [5.74, 6) is 0. The van der Waals surface area contributed by atoms with Crippen molar-refractivity contribution in [1.29, 1.82) is 0 Å². The molecule has 0 spiro atoms. The summed E-state index contributed by atoms with van der Waals surface area (Å²) in [4.78, 5) is 10.5. The molecule has 0 unspecified atom stereocenters. The summed E-state index contributed by atoms with van der Waals surface area (Å²) in [6.07, 6.45) is 0. The molecule has 0 aliphatic rings. The second-order valence-electron chi connectivity index (χ2n) is 14.9. The van der Waals surface area contributed by atoms with Gasteiger partial charge in [-0.05, 0) is 76.1 Å². The molecule has 0 aliphatic carbocycles. The van der Waals surface area contributed by atoms with Gasteiger partial charge in [0.1, 0.15) is 0 Å². The molecule has 0 amide bonds. The molecule has 4 aromatic heterocycles. The molecule has 0 atom stereocenters. The van der Waals surface area contributed by atoms with E-state index in [2.05, 4.69) is 167 Å². The lowest BCUT2D eigenvalue weighted by molar-refractivity contribution is 1.18. The van der Waals surface area contributed by atoms with Gasteiger partial charge in [0, 0.05) is 49.1 Å². The highest BCUT2D eigenvalue weighted by molar-refractivity contribution is 6.36. The molecule has 258 valence electrons. The van der Waals surface area contributed by atoms with Gasteiger partial charge in [0.15, 0.2) is 0 Å². The van der Waals surface area contributed by atoms with Crippen LogP contribution in [-0.2, 0) is 0 Å². The first-order valence-corrected chi connectivity index (χ1v) is 19.2. The minimum atomic E-state index is 0.875. The van der Waals surface area contributed by atoms with E-state index in [0.29, 0.717) is 0 Å². The maximum absolute atomic E-state index is 5.28. The second kappa shape index (κ2) is 11.0. The van der Waals surface area contributed by atoms with E-state index in [0.717, 1.165) is 44.6 Å². The highest BCUT2D eigenvalue weighted by Crippen LogP contribution is 2.47. The van der Waals surface area contributed by atoms with Gasteiger partial charge in [-0.2, -0.15) is 0 Å². The summed E-state index contributed by atoms with van der Waals surface area (Å²) in [6.45, 7) is 0. The molecule has 0 aliphatic heterocycles. The van der Waals surface area contributed by atoms with Crippen LogP contribution in [0.1, 0.15) is 0 Å². The van der Waals surface area contributed by atoms with Crippen LogP contribution in [0.2, 0.25) is 0 Å². The SMILES string of the molecule is c1ccc2cc3c(cc2c1)c1c2c4ccccc4n(-c4ccc(-c5nc6ccccc6nc5-c5cccc6ccccc56)cc4)c2cc2c4ccccc4n3c21. The Morgan fingerprint density at radius 1 is 0.357 bits per heavy atom. The molecule has 13 rings (SSSR count). The first-order valence-electron chi connectivity index (χ1n) is 19.2. The van der Waals surface area contributed by atoms with Crippen molar-refractivity contribution in [2.75, 3.05) is 0 Å². The Morgan fingerprint density at radius 3 is 1.79 bits per heavy atom. The van der Waals surface area contributed by atoms with Crippen LogP contribution in [0.5, 0.6) is 0 Å². The number of fused-ring (bicyclic) bond motifs is 13. The number of hydrogen-bond donors (Lipinski definition) is 0. The third-order valence-electron chi connectivity index (χ3n) is 12.0. The molecule has 0 saturated heterocycles. The summed E-state index contributed by atoms with van der Waals surface area (Å²) in [6, 6.07) is 65.7. The van der Waals surface area contributed by atoms with E-state index in [9.17, 15) is 0 Å². The Bertz CT molecular complexity index is 3750. The van der Waals surface area contributed by atoms with E-state index in [1.807, 2.05) is 24.3 Å². The minimum absolute atomic E-state index is 0.875. The predicted octanol–water partition coefficient (Wildman–Crippen LogP) is 13.5. The fourth-order valence-corrected chi connectivity index (χ4v) is 9.57. The maximum atomic E-state index is 5.28. The Kier molecular flexibility index (Phi) is 5.86. The number of hydrogen-bond acceptors (Lipinski definition) is 2. The molecule has 4 heteroatoms. The van der Waals surface area contributed by atoms with E-state index in [1.54, 1.807) is 0 Å². The first-order chi connectivity index (χ1) is 27.8. The summed E-state index contributed by atoms with van der Waals surface area (Å²) in [7, 11) is 0. The summed E-state index contributed by atoms with van der Waals surface area (Å²) in [5, 5.41) is 12.5. The Morgan fingerprint density at radius 2 is 0.982 bits per heavy atom. The normalized spacial score (nSPS) is 12.3. The number of rotatable bonds is 3. The molecule has 0 N–H and O–H groups in total. The zero-order chi connectivity index (χ0) is 36.5. The van der Waals surface area contributed by atoms with E-state index >= 15 is 0 Å². The molecule has 56 heavy (non-hydrogen) atoms. The topological polar surface area (TPSA) is 35.1 Å². The molecule has 13 aromatic rings. The minimum Gasteiger partial charge on any atom is -0.309 e. The fraction of sp³-hybridized carbons (Fsp3) is 0. The summed E-state index contributed by atoms with van der Waals surface area (Å²) in [5.41, 5.74) is 12.9. The van der Waals surface area contributed by atoms with Gasteiger partial charge in [-0.15, -0.1) is 0 Å². The Labute approximate surface area is 320 Å². The van der Waals surface area contributed by atoms with Crippen LogP contribution in [-0.4, -0.2) is 18.9 Å². The highest BCUT2D eigenvalue weighted by atomic mass is 15.0. The molecule has 4 nitrogen and oxygen atoms in total. The number of para-hydroxylation sites is 4. The number of nitrogens with zero attached hydrogens (tertiary/aromatic N) is 4. The van der Waals surface area contributed by atoms with Crippen LogP contribution in [0.15, 0.2) is 182 Å². The van der Waals surface area contributed by atoms with E-state index in [4.69, 9.17) is 9.97 Å². The van der Waals surface area contributed by atoms with Gasteiger partial charge in [0.05, 0.1) is 50.0 Å². The standard InChI is InChI=1S/C52H30N4/c1-2-14-34-29-46-41(28-33(34)13-1)49-48-39-18-6-10-23-45(39)55(47(48)30-40-37-17-5-9-22-44(37)56(46)52(40)49)35-26-24-32(25-27-35)50-51(54-43-21-8-7-20-42(43)53-50)38-19-11-15-31-12-3-4-16-36(31)38/h1-30H. The van der Waals surface area contributed by atoms with Gasteiger partial charge in [0.2, 0.25) is 0 Å². The van der Waals surface area contributed by atoms with Crippen molar-refractivity contribution in [2.24, 2.45) is 0 Å². The monoisotopic (exact) mass is 710 g/mol. The molecule has 0 radical (unpaired) electrons. The van der Waals surface area contributed by atoms with Crippen molar-refractivity contribution < 1.29 is 0 Å². The van der Waals surface area contributed by atoms with Crippen molar-refractivity contribution in [3.05, 3.63) is 182 Å². The lowest BCUT2D eigenvalue weighted by Crippen LogP contribution is -1.97. The number of benzene rings is 9. The Hall–Kier alpha value is -7.56. The van der Waals surface area contributed by atoms with E-state index in [-0.39, 0.29) is 0 Å². The van der Waals surface area contributed by atoms with Crippen molar-refractivity contribution in [3.63, 3.8) is 0 Å². The average Bonchev–Trinajstić information content (AvgIpc) is 3.89. The predicted molar refractivity (Wildman–Crippen MR) is 234 cm³/mol. The van der Waals surface area contributed by atoms with Crippen molar-refractivity contribution in [1.82, 2.24) is 18.9 Å². The quantitative estimate of drug-likeness (QED) is 0.183. The van der Waals surface area contributed by atoms with Crippen molar-refractivity contribution in [2.45, 2.75) is 0 Å². The lowest BCUT2D eigenvalue weighted by atomic mass is 9.98. The molecule has 9 aromatic carbocycles. The number of aromatic nitrogens is 4. The van der Waals surface area contributed by atoms with Crippen LogP contribution in [0.4, 0.5) is 0 Å². The molecule has 0 bridgehead atoms. The second-order valence-corrected chi connectivity index (χ2v) is 14.9. The molecular weight excluding hydrogens is 681 g/mol. The van der Waals surface area contributed by atoms with E-state index in [1.165, 1.54) is 76.1 Å². The average molecular weight is 711 g/mol. The zero-order valence-corrected chi connectivity index (χ0v) is 30.1. The van der Waals surface area contributed by atoms with Gasteiger partial charge >= 0.3 is 0 Å². The maximum Gasteiger partial charge on any atom is 0.0979 e. The van der Waals surface area contributed by atoms with E-state index < -0.39 is 0 Å².